The second-order valence-corrected chi connectivity index (χ2v) is 7.71. The Kier molecular flexibility index (Phi) is 5.15. The zero-order chi connectivity index (χ0) is 16.3. The number of hydrogen-bond acceptors (Lipinski definition) is 5. The van der Waals surface area contributed by atoms with Crippen LogP contribution in [0.1, 0.15) is 11.4 Å². The topological polar surface area (TPSA) is 96.6 Å². The molecule has 0 bridgehead atoms. The van der Waals surface area contributed by atoms with Gasteiger partial charge in [-0.1, -0.05) is 6.07 Å². The van der Waals surface area contributed by atoms with E-state index in [1.54, 1.807) is 0 Å². The molecule has 0 radical (unpaired) electrons. The molecule has 1 aromatic heterocycles. The number of carbonyl (C=O) groups excluding carboxylic acids is 1. The van der Waals surface area contributed by atoms with Crippen LogP contribution < -0.4 is 5.73 Å². The summed E-state index contributed by atoms with van der Waals surface area (Å²) in [5.74, 6) is -0.986. The summed E-state index contributed by atoms with van der Waals surface area (Å²) in [7, 11) is -3.34. The first kappa shape index (κ1) is 16.9. The molecule has 0 aliphatic carbocycles. The lowest BCUT2D eigenvalue weighted by Gasteiger charge is -2.21. The van der Waals surface area contributed by atoms with Crippen LogP contribution in [0, 0.1) is 12.8 Å². The maximum Gasteiger partial charge on any atom is 0.223 e. The fraction of sp³-hybridized carbons (Fsp3) is 0.571. The van der Waals surface area contributed by atoms with E-state index in [-0.39, 0.29) is 6.54 Å². The molecule has 1 saturated heterocycles. The number of hydrogen-bond donors (Lipinski definition) is 1. The highest BCUT2D eigenvalue weighted by atomic mass is 32.2. The summed E-state index contributed by atoms with van der Waals surface area (Å²) in [4.78, 5) is 18.1. The molecule has 1 amide bonds. The second kappa shape index (κ2) is 6.72. The van der Waals surface area contributed by atoms with Crippen molar-refractivity contribution in [2.45, 2.75) is 13.5 Å². The third-order valence-electron chi connectivity index (χ3n) is 3.77. The summed E-state index contributed by atoms with van der Waals surface area (Å²) < 4.78 is 24.8. The summed E-state index contributed by atoms with van der Waals surface area (Å²) >= 11 is 0. The van der Waals surface area contributed by atoms with Gasteiger partial charge in [0.2, 0.25) is 15.9 Å². The SMILES string of the molecule is Cc1cccc(CN2CCN(S(C)(=O)=O)C[C@H](C(N)=O)C2)n1. The molecule has 2 rings (SSSR count). The Morgan fingerprint density at radius 1 is 1.36 bits per heavy atom. The maximum atomic E-state index is 11.8. The fourth-order valence-electron chi connectivity index (χ4n) is 2.59. The van der Waals surface area contributed by atoms with Gasteiger partial charge in [0.1, 0.15) is 0 Å². The molecule has 0 aromatic carbocycles. The van der Waals surface area contributed by atoms with E-state index in [4.69, 9.17) is 5.73 Å². The van der Waals surface area contributed by atoms with Crippen molar-refractivity contribution >= 4 is 15.9 Å². The molecule has 122 valence electrons. The van der Waals surface area contributed by atoms with Gasteiger partial charge in [-0.3, -0.25) is 14.7 Å². The Morgan fingerprint density at radius 3 is 2.68 bits per heavy atom. The molecule has 0 saturated carbocycles. The number of pyridine rings is 1. The fourth-order valence-corrected chi connectivity index (χ4v) is 3.46. The molecule has 8 heteroatoms. The smallest absolute Gasteiger partial charge is 0.223 e. The van der Waals surface area contributed by atoms with E-state index in [9.17, 15) is 13.2 Å². The first-order valence-electron chi connectivity index (χ1n) is 7.15. The molecular weight excluding hydrogens is 304 g/mol. The monoisotopic (exact) mass is 326 g/mol. The van der Waals surface area contributed by atoms with Gasteiger partial charge in [0.15, 0.2) is 0 Å². The Hall–Kier alpha value is -1.51. The molecular formula is C14H22N4O3S. The Morgan fingerprint density at radius 2 is 2.09 bits per heavy atom. The average molecular weight is 326 g/mol. The van der Waals surface area contributed by atoms with Crippen molar-refractivity contribution in [2.24, 2.45) is 11.7 Å². The number of primary amides is 1. The largest absolute Gasteiger partial charge is 0.369 e. The number of nitrogens with zero attached hydrogens (tertiary/aromatic N) is 3. The van der Waals surface area contributed by atoms with Crippen molar-refractivity contribution in [3.8, 4) is 0 Å². The standard InChI is InChI=1S/C14H22N4O3S/c1-11-4-3-5-13(16-11)10-17-6-7-18(22(2,20)21)9-12(8-17)14(15)19/h3-5,12H,6-10H2,1-2H3,(H2,15,19)/t12-/m1/s1. The highest BCUT2D eigenvalue weighted by molar-refractivity contribution is 7.88. The van der Waals surface area contributed by atoms with Crippen molar-refractivity contribution in [3.05, 3.63) is 29.6 Å². The normalized spacial score (nSPS) is 21.5. The van der Waals surface area contributed by atoms with E-state index in [0.29, 0.717) is 26.2 Å². The minimum atomic E-state index is -3.34. The lowest BCUT2D eigenvalue weighted by Crippen LogP contribution is -2.40. The van der Waals surface area contributed by atoms with Crippen LogP contribution in [0.5, 0.6) is 0 Å². The van der Waals surface area contributed by atoms with Gasteiger partial charge < -0.3 is 5.73 Å². The number of amides is 1. The van der Waals surface area contributed by atoms with Crippen molar-refractivity contribution in [2.75, 3.05) is 32.4 Å². The summed E-state index contributed by atoms with van der Waals surface area (Å²) in [5, 5.41) is 0. The van der Waals surface area contributed by atoms with Crippen LogP contribution in [0.2, 0.25) is 0 Å². The van der Waals surface area contributed by atoms with E-state index in [2.05, 4.69) is 4.98 Å². The molecule has 1 fully saturated rings. The predicted molar refractivity (Wildman–Crippen MR) is 83.4 cm³/mol. The first-order valence-corrected chi connectivity index (χ1v) is 9.00. The first-order chi connectivity index (χ1) is 10.3. The van der Waals surface area contributed by atoms with Crippen molar-refractivity contribution in [3.63, 3.8) is 0 Å². The molecule has 1 aliphatic rings. The molecule has 22 heavy (non-hydrogen) atoms. The molecule has 0 unspecified atom stereocenters. The lowest BCUT2D eigenvalue weighted by atomic mass is 10.1. The van der Waals surface area contributed by atoms with E-state index in [1.807, 2.05) is 30.0 Å². The van der Waals surface area contributed by atoms with E-state index in [1.165, 1.54) is 4.31 Å². The van der Waals surface area contributed by atoms with E-state index < -0.39 is 21.8 Å². The summed E-state index contributed by atoms with van der Waals surface area (Å²) in [6.07, 6.45) is 1.16. The van der Waals surface area contributed by atoms with Crippen LogP contribution in [0.3, 0.4) is 0 Å². The predicted octanol–water partition coefficient (Wildman–Crippen LogP) is -0.431. The molecule has 2 N–H and O–H groups in total. The van der Waals surface area contributed by atoms with Crippen LogP contribution in [-0.4, -0.2) is 60.9 Å². The Bertz CT molecular complexity index is 647. The number of sulfonamides is 1. The maximum absolute atomic E-state index is 11.8. The highest BCUT2D eigenvalue weighted by Crippen LogP contribution is 2.14. The average Bonchev–Trinajstić information content (AvgIpc) is 2.61. The number of aryl methyl sites for hydroxylation is 1. The van der Waals surface area contributed by atoms with E-state index in [0.717, 1.165) is 17.6 Å². The number of rotatable bonds is 4. The molecule has 7 nitrogen and oxygen atoms in total. The van der Waals surface area contributed by atoms with Gasteiger partial charge in [-0.15, -0.1) is 0 Å². The Balaban J connectivity index is 2.14. The van der Waals surface area contributed by atoms with Gasteiger partial charge in [0.25, 0.3) is 0 Å². The molecule has 2 heterocycles. The van der Waals surface area contributed by atoms with Gasteiger partial charge in [-0.2, -0.15) is 0 Å². The summed E-state index contributed by atoms with van der Waals surface area (Å²) in [6, 6.07) is 5.78. The minimum absolute atomic E-state index is 0.145. The number of aromatic nitrogens is 1. The zero-order valence-electron chi connectivity index (χ0n) is 12.9. The van der Waals surface area contributed by atoms with Crippen LogP contribution in [-0.2, 0) is 21.4 Å². The zero-order valence-corrected chi connectivity index (χ0v) is 13.7. The Labute approximate surface area is 131 Å². The second-order valence-electron chi connectivity index (χ2n) is 5.73. The highest BCUT2D eigenvalue weighted by Gasteiger charge is 2.30. The third kappa shape index (κ3) is 4.49. The van der Waals surface area contributed by atoms with Crippen LogP contribution in [0.25, 0.3) is 0 Å². The van der Waals surface area contributed by atoms with Gasteiger partial charge >= 0.3 is 0 Å². The molecule has 1 aliphatic heterocycles. The summed E-state index contributed by atoms with van der Waals surface area (Å²) in [6.45, 7) is 3.98. The van der Waals surface area contributed by atoms with Gasteiger partial charge in [0.05, 0.1) is 17.9 Å². The quantitative estimate of drug-likeness (QED) is 0.810. The molecule has 0 spiro atoms. The minimum Gasteiger partial charge on any atom is -0.369 e. The molecule has 1 aromatic rings. The lowest BCUT2D eigenvalue weighted by molar-refractivity contribution is -0.122. The number of nitrogens with two attached hydrogens (primary N) is 1. The third-order valence-corrected chi connectivity index (χ3v) is 5.04. The number of carbonyl (C=O) groups is 1. The van der Waals surface area contributed by atoms with Crippen molar-refractivity contribution < 1.29 is 13.2 Å². The van der Waals surface area contributed by atoms with Crippen molar-refractivity contribution in [1.82, 2.24) is 14.2 Å². The van der Waals surface area contributed by atoms with E-state index >= 15 is 0 Å². The van der Waals surface area contributed by atoms with Crippen LogP contribution in [0.4, 0.5) is 0 Å². The molecule has 1 atom stereocenters. The van der Waals surface area contributed by atoms with Crippen molar-refractivity contribution in [1.29, 1.82) is 0 Å². The summed E-state index contributed by atoms with van der Waals surface area (Å²) in [5.41, 5.74) is 7.25. The van der Waals surface area contributed by atoms with Gasteiger partial charge in [-0.25, -0.2) is 12.7 Å². The van der Waals surface area contributed by atoms with Gasteiger partial charge in [-0.05, 0) is 19.1 Å². The van der Waals surface area contributed by atoms with Crippen LogP contribution in [0.15, 0.2) is 18.2 Å². The van der Waals surface area contributed by atoms with Crippen LogP contribution >= 0.6 is 0 Å². The van der Waals surface area contributed by atoms with Gasteiger partial charge in [0, 0.05) is 38.4 Å².